The number of aryl methyl sites for hydroxylation is 1. The molecule has 2 atom stereocenters. The minimum absolute atomic E-state index is 0.271. The number of fused-ring (bicyclic) bond motifs is 3. The van der Waals surface area contributed by atoms with Gasteiger partial charge in [0.15, 0.2) is 0 Å². The van der Waals surface area contributed by atoms with E-state index in [9.17, 15) is 0 Å². The highest BCUT2D eigenvalue weighted by molar-refractivity contribution is 5.50. The molecule has 2 aromatic carbocycles. The van der Waals surface area contributed by atoms with E-state index in [4.69, 9.17) is 0 Å². The van der Waals surface area contributed by atoms with Crippen LogP contribution in [-0.4, -0.2) is 0 Å². The van der Waals surface area contributed by atoms with Gasteiger partial charge < -0.3 is 0 Å². The summed E-state index contributed by atoms with van der Waals surface area (Å²) in [6, 6.07) is 18.9. The fraction of sp³-hybridized carbons (Fsp3) is 0.273. The van der Waals surface area contributed by atoms with E-state index >= 15 is 0 Å². The van der Waals surface area contributed by atoms with Crippen LogP contribution < -0.4 is 0 Å². The molecule has 2 aliphatic carbocycles. The van der Waals surface area contributed by atoms with Crippen LogP contribution in [0, 0.1) is 12.8 Å². The van der Waals surface area contributed by atoms with Crippen LogP contribution in [0.15, 0.2) is 78.9 Å². The Morgan fingerprint density at radius 2 is 1.41 bits per heavy atom. The summed E-state index contributed by atoms with van der Waals surface area (Å²) < 4.78 is 0. The van der Waals surface area contributed by atoms with E-state index in [1.807, 2.05) is 36.4 Å². The molecular weight excluding hydrogens is 264 g/mol. The van der Waals surface area contributed by atoms with Crippen molar-refractivity contribution in [2.24, 2.45) is 5.92 Å². The largest absolute Gasteiger partial charge is 0.0796 e. The number of hydrogen-bond acceptors (Lipinski definition) is 0. The fourth-order valence-electron chi connectivity index (χ4n) is 3.68. The molecule has 4 rings (SSSR count). The SMILES string of the molecule is Cc1ccc2c(c1)C(C)(C)C1C=CC=CC21.c1ccccc1. The van der Waals surface area contributed by atoms with E-state index in [0.29, 0.717) is 11.8 Å². The molecule has 0 radical (unpaired) electrons. The molecule has 112 valence electrons. The third-order valence-electron chi connectivity index (χ3n) is 4.90. The zero-order valence-electron chi connectivity index (χ0n) is 13.7. The molecule has 0 heterocycles. The Kier molecular flexibility index (Phi) is 4.02. The van der Waals surface area contributed by atoms with Gasteiger partial charge in [0.1, 0.15) is 0 Å². The predicted molar refractivity (Wildman–Crippen MR) is 95.2 cm³/mol. The standard InChI is InChI=1S/C16H18.C6H6/c1-11-8-9-13-12-6-4-5-7-14(12)16(2,3)15(13)10-11;1-2-4-6-5-3-1/h4-10,12,14H,1-3H3;1-6H. The van der Waals surface area contributed by atoms with Crippen molar-refractivity contribution >= 4 is 0 Å². The van der Waals surface area contributed by atoms with Crippen LogP contribution in [0.1, 0.15) is 36.5 Å². The summed E-state index contributed by atoms with van der Waals surface area (Å²) in [6.45, 7) is 6.93. The first kappa shape index (κ1) is 14.8. The fourth-order valence-corrected chi connectivity index (χ4v) is 3.68. The predicted octanol–water partition coefficient (Wildman–Crippen LogP) is 5.80. The summed E-state index contributed by atoms with van der Waals surface area (Å²) in [4.78, 5) is 0. The van der Waals surface area contributed by atoms with Crippen molar-refractivity contribution in [3.63, 3.8) is 0 Å². The average Bonchev–Trinajstić information content (AvgIpc) is 2.78. The molecule has 0 bridgehead atoms. The lowest BCUT2D eigenvalue weighted by Gasteiger charge is -2.29. The van der Waals surface area contributed by atoms with E-state index in [2.05, 4.69) is 63.3 Å². The second-order valence-electron chi connectivity index (χ2n) is 6.79. The minimum atomic E-state index is 0.271. The maximum atomic E-state index is 2.38. The van der Waals surface area contributed by atoms with Gasteiger partial charge in [0.25, 0.3) is 0 Å². The van der Waals surface area contributed by atoms with Crippen LogP contribution in [0.5, 0.6) is 0 Å². The molecule has 0 nitrogen and oxygen atoms in total. The maximum Gasteiger partial charge on any atom is 0.00953 e. The Hall–Kier alpha value is -2.08. The van der Waals surface area contributed by atoms with E-state index in [0.717, 1.165) is 0 Å². The first-order chi connectivity index (χ1) is 10.6. The molecule has 0 spiro atoms. The summed E-state index contributed by atoms with van der Waals surface area (Å²) in [6.07, 6.45) is 9.11. The second kappa shape index (κ2) is 5.96. The van der Waals surface area contributed by atoms with Crippen LogP contribution in [0.2, 0.25) is 0 Å². The van der Waals surface area contributed by atoms with E-state index in [1.165, 1.54) is 11.1 Å². The normalized spacial score (nSPS) is 23.2. The molecule has 22 heavy (non-hydrogen) atoms. The summed E-state index contributed by atoms with van der Waals surface area (Å²) in [5, 5.41) is 0. The van der Waals surface area contributed by atoms with Gasteiger partial charge in [-0.05, 0) is 29.4 Å². The van der Waals surface area contributed by atoms with Gasteiger partial charge in [0, 0.05) is 5.92 Å². The summed E-state index contributed by atoms with van der Waals surface area (Å²) >= 11 is 0. The maximum absolute atomic E-state index is 2.38. The lowest BCUT2D eigenvalue weighted by molar-refractivity contribution is 0.394. The Morgan fingerprint density at radius 1 is 0.818 bits per heavy atom. The highest BCUT2D eigenvalue weighted by Gasteiger charge is 2.44. The number of benzene rings is 2. The zero-order chi connectivity index (χ0) is 15.6. The molecule has 0 aliphatic heterocycles. The van der Waals surface area contributed by atoms with Crippen molar-refractivity contribution in [2.45, 2.75) is 32.1 Å². The highest BCUT2D eigenvalue weighted by atomic mass is 14.5. The van der Waals surface area contributed by atoms with Gasteiger partial charge in [-0.25, -0.2) is 0 Å². The Bertz CT molecular complexity index is 663. The van der Waals surface area contributed by atoms with Crippen LogP contribution >= 0.6 is 0 Å². The molecule has 0 amide bonds. The number of hydrogen-bond donors (Lipinski definition) is 0. The number of allylic oxidation sites excluding steroid dienone is 4. The lowest BCUT2D eigenvalue weighted by atomic mass is 9.74. The minimum Gasteiger partial charge on any atom is -0.0796 e. The van der Waals surface area contributed by atoms with Crippen LogP contribution in [0.3, 0.4) is 0 Å². The zero-order valence-corrected chi connectivity index (χ0v) is 13.7. The van der Waals surface area contributed by atoms with E-state index in [1.54, 1.807) is 5.56 Å². The average molecular weight is 288 g/mol. The van der Waals surface area contributed by atoms with Crippen molar-refractivity contribution in [2.75, 3.05) is 0 Å². The second-order valence-corrected chi connectivity index (χ2v) is 6.79. The van der Waals surface area contributed by atoms with Gasteiger partial charge in [-0.3, -0.25) is 0 Å². The van der Waals surface area contributed by atoms with Crippen molar-refractivity contribution in [1.29, 1.82) is 0 Å². The van der Waals surface area contributed by atoms with Crippen molar-refractivity contribution in [3.8, 4) is 0 Å². The molecule has 2 aromatic rings. The lowest BCUT2D eigenvalue weighted by Crippen LogP contribution is -2.24. The van der Waals surface area contributed by atoms with Gasteiger partial charge in [-0.1, -0.05) is 98.3 Å². The molecule has 2 unspecified atom stereocenters. The van der Waals surface area contributed by atoms with E-state index in [-0.39, 0.29) is 5.41 Å². The number of rotatable bonds is 0. The van der Waals surface area contributed by atoms with Crippen molar-refractivity contribution in [1.82, 2.24) is 0 Å². The first-order valence-corrected chi connectivity index (χ1v) is 8.07. The first-order valence-electron chi connectivity index (χ1n) is 8.07. The molecule has 0 N–H and O–H groups in total. The Labute approximate surface area is 134 Å². The molecule has 0 saturated carbocycles. The summed E-state index contributed by atoms with van der Waals surface area (Å²) in [7, 11) is 0. The Balaban J connectivity index is 0.000000202. The summed E-state index contributed by atoms with van der Waals surface area (Å²) in [5.74, 6) is 1.23. The Morgan fingerprint density at radius 3 is 2.05 bits per heavy atom. The van der Waals surface area contributed by atoms with Crippen LogP contribution in [0.25, 0.3) is 0 Å². The van der Waals surface area contributed by atoms with Gasteiger partial charge in [-0.2, -0.15) is 0 Å². The van der Waals surface area contributed by atoms with Crippen molar-refractivity contribution < 1.29 is 0 Å². The molecular formula is C22H24. The topological polar surface area (TPSA) is 0 Å². The van der Waals surface area contributed by atoms with Gasteiger partial charge in [0.2, 0.25) is 0 Å². The molecule has 0 heteroatoms. The third kappa shape index (κ3) is 2.66. The molecule has 2 aliphatic rings. The monoisotopic (exact) mass is 288 g/mol. The molecule has 0 saturated heterocycles. The van der Waals surface area contributed by atoms with Crippen LogP contribution in [0.4, 0.5) is 0 Å². The summed E-state index contributed by atoms with van der Waals surface area (Å²) in [5.41, 5.74) is 4.71. The molecule has 0 fully saturated rings. The van der Waals surface area contributed by atoms with E-state index < -0.39 is 0 Å². The van der Waals surface area contributed by atoms with Gasteiger partial charge in [-0.15, -0.1) is 0 Å². The van der Waals surface area contributed by atoms with Gasteiger partial charge >= 0.3 is 0 Å². The molecule has 0 aromatic heterocycles. The quantitative estimate of drug-likeness (QED) is 0.575. The third-order valence-corrected chi connectivity index (χ3v) is 4.90. The van der Waals surface area contributed by atoms with Crippen LogP contribution in [-0.2, 0) is 5.41 Å². The smallest absolute Gasteiger partial charge is 0.00953 e. The highest BCUT2D eigenvalue weighted by Crippen LogP contribution is 2.52. The van der Waals surface area contributed by atoms with Crippen molar-refractivity contribution in [3.05, 3.63) is 95.6 Å². The van der Waals surface area contributed by atoms with Gasteiger partial charge in [0.05, 0.1) is 0 Å².